The Morgan fingerprint density at radius 3 is 1.85 bits per heavy atom. The van der Waals surface area contributed by atoms with Crippen LogP contribution in [0.15, 0.2) is 0 Å². The fourth-order valence-corrected chi connectivity index (χ4v) is 1.72. The first-order valence-electron chi connectivity index (χ1n) is 7.31. The largest absolute Gasteiger partial charge is 0.481 e. The number of carbonyl (C=O) groups excluding carboxylic acids is 4. The number of carbonyl (C=O) groups is 6. The highest BCUT2D eigenvalue weighted by molar-refractivity contribution is 5.96. The molecule has 0 heterocycles. The molecule has 13 heteroatoms. The topological polar surface area (TPSA) is 231 Å². The van der Waals surface area contributed by atoms with Gasteiger partial charge in [-0.2, -0.15) is 0 Å². The summed E-state index contributed by atoms with van der Waals surface area (Å²) in [5.41, 5.74) is 10.1. The standard InChI is InChI=1S/C13H21N5O8/c1-5(16-9(20)4-14)11(23)17-6(2-8(15)19)12(24)18-7(13(25)26)3-10(21)22/h5-7H,2-4,14H2,1H3,(H2,15,19)(H,16,20)(H,17,23)(H,18,24)(H,21,22)(H,25,26). The Kier molecular flexibility index (Phi) is 9.29. The van der Waals surface area contributed by atoms with Gasteiger partial charge in [-0.1, -0.05) is 0 Å². The number of nitrogens with one attached hydrogen (secondary N) is 3. The minimum atomic E-state index is -1.78. The van der Waals surface area contributed by atoms with E-state index in [1.807, 2.05) is 5.32 Å². The van der Waals surface area contributed by atoms with E-state index in [1.165, 1.54) is 6.92 Å². The van der Waals surface area contributed by atoms with E-state index in [0.717, 1.165) is 0 Å². The molecule has 0 saturated heterocycles. The van der Waals surface area contributed by atoms with E-state index in [0.29, 0.717) is 0 Å². The Balaban J connectivity index is 5.11. The van der Waals surface area contributed by atoms with Crippen molar-refractivity contribution < 1.29 is 39.0 Å². The van der Waals surface area contributed by atoms with Gasteiger partial charge in [0.2, 0.25) is 23.6 Å². The van der Waals surface area contributed by atoms with Crippen LogP contribution in [0.25, 0.3) is 0 Å². The molecule has 0 fully saturated rings. The first-order chi connectivity index (χ1) is 12.0. The normalized spacial score (nSPS) is 13.6. The van der Waals surface area contributed by atoms with Crippen molar-refractivity contribution in [2.24, 2.45) is 11.5 Å². The summed E-state index contributed by atoms with van der Waals surface area (Å²) < 4.78 is 0. The lowest BCUT2D eigenvalue weighted by Gasteiger charge is -2.22. The Morgan fingerprint density at radius 2 is 1.42 bits per heavy atom. The molecule has 0 saturated carbocycles. The third-order valence-electron chi connectivity index (χ3n) is 2.99. The molecule has 0 aliphatic heterocycles. The van der Waals surface area contributed by atoms with Crippen LogP contribution >= 0.6 is 0 Å². The van der Waals surface area contributed by atoms with Gasteiger partial charge in [-0.15, -0.1) is 0 Å². The molecule has 0 aromatic carbocycles. The van der Waals surface area contributed by atoms with Gasteiger partial charge in [0.1, 0.15) is 18.1 Å². The minimum absolute atomic E-state index is 0.377. The van der Waals surface area contributed by atoms with Crippen molar-refractivity contribution in [2.75, 3.05) is 6.54 Å². The van der Waals surface area contributed by atoms with E-state index < -0.39 is 66.5 Å². The fourth-order valence-electron chi connectivity index (χ4n) is 1.72. The summed E-state index contributed by atoms with van der Waals surface area (Å²) >= 11 is 0. The average molecular weight is 375 g/mol. The molecular formula is C13H21N5O8. The summed E-state index contributed by atoms with van der Waals surface area (Å²) in [6.45, 7) is 0.908. The second-order valence-corrected chi connectivity index (χ2v) is 5.22. The Bertz CT molecular complexity index is 593. The number of hydrogen-bond acceptors (Lipinski definition) is 7. The first-order valence-corrected chi connectivity index (χ1v) is 7.31. The maximum Gasteiger partial charge on any atom is 0.326 e. The molecular weight excluding hydrogens is 354 g/mol. The molecule has 13 nitrogen and oxygen atoms in total. The van der Waals surface area contributed by atoms with Crippen molar-refractivity contribution in [1.82, 2.24) is 16.0 Å². The highest BCUT2D eigenvalue weighted by Gasteiger charge is 2.30. The second kappa shape index (κ2) is 10.6. The van der Waals surface area contributed by atoms with Gasteiger partial charge >= 0.3 is 11.9 Å². The van der Waals surface area contributed by atoms with Crippen LogP contribution in [0.1, 0.15) is 19.8 Å². The Hall–Kier alpha value is -3.22. The van der Waals surface area contributed by atoms with Crippen molar-refractivity contribution >= 4 is 35.6 Å². The molecule has 0 radical (unpaired) electrons. The molecule has 4 amide bonds. The second-order valence-electron chi connectivity index (χ2n) is 5.22. The molecule has 0 spiro atoms. The molecule has 26 heavy (non-hydrogen) atoms. The van der Waals surface area contributed by atoms with Gasteiger partial charge in [-0.3, -0.25) is 24.0 Å². The SMILES string of the molecule is CC(NC(=O)CN)C(=O)NC(CC(N)=O)C(=O)NC(CC(=O)O)C(=O)O. The van der Waals surface area contributed by atoms with Crippen LogP contribution in [0.4, 0.5) is 0 Å². The van der Waals surface area contributed by atoms with Crippen molar-refractivity contribution in [3.63, 3.8) is 0 Å². The molecule has 0 aromatic heterocycles. The lowest BCUT2D eigenvalue weighted by atomic mass is 10.1. The zero-order chi connectivity index (χ0) is 20.4. The zero-order valence-electron chi connectivity index (χ0n) is 13.9. The lowest BCUT2D eigenvalue weighted by Crippen LogP contribution is -2.56. The molecule has 0 rings (SSSR count). The van der Waals surface area contributed by atoms with E-state index in [2.05, 4.69) is 10.6 Å². The van der Waals surface area contributed by atoms with E-state index in [9.17, 15) is 28.8 Å². The quantitative estimate of drug-likeness (QED) is 0.185. The number of nitrogens with two attached hydrogens (primary N) is 2. The summed E-state index contributed by atoms with van der Waals surface area (Å²) in [5.74, 6) is -6.70. The average Bonchev–Trinajstić information content (AvgIpc) is 2.52. The molecule has 0 bridgehead atoms. The zero-order valence-corrected chi connectivity index (χ0v) is 13.9. The number of amides is 4. The summed E-state index contributed by atoms with van der Waals surface area (Å²) in [5, 5.41) is 23.8. The van der Waals surface area contributed by atoms with E-state index in [4.69, 9.17) is 21.7 Å². The maximum absolute atomic E-state index is 12.1. The molecule has 9 N–H and O–H groups in total. The van der Waals surface area contributed by atoms with Gasteiger partial charge in [-0.25, -0.2) is 4.79 Å². The highest BCUT2D eigenvalue weighted by atomic mass is 16.4. The molecule has 146 valence electrons. The number of carboxylic acid groups (broad SMARTS) is 2. The fraction of sp³-hybridized carbons (Fsp3) is 0.538. The number of rotatable bonds is 11. The third-order valence-corrected chi connectivity index (χ3v) is 2.99. The van der Waals surface area contributed by atoms with Crippen molar-refractivity contribution in [3.8, 4) is 0 Å². The van der Waals surface area contributed by atoms with Crippen LogP contribution in [0.3, 0.4) is 0 Å². The summed E-state index contributed by atoms with van der Waals surface area (Å²) in [4.78, 5) is 67.9. The van der Waals surface area contributed by atoms with E-state index in [1.54, 1.807) is 0 Å². The molecule has 3 atom stereocenters. The Morgan fingerprint density at radius 1 is 0.885 bits per heavy atom. The number of aliphatic carboxylic acids is 2. The molecule has 0 aromatic rings. The van der Waals surface area contributed by atoms with Crippen molar-refractivity contribution in [1.29, 1.82) is 0 Å². The predicted molar refractivity (Wildman–Crippen MR) is 84.2 cm³/mol. The monoisotopic (exact) mass is 375 g/mol. The summed E-state index contributed by atoms with van der Waals surface area (Å²) in [6.07, 6.45) is -1.59. The number of primary amides is 1. The van der Waals surface area contributed by atoms with E-state index >= 15 is 0 Å². The van der Waals surface area contributed by atoms with Crippen LogP contribution in [0.5, 0.6) is 0 Å². The number of hydrogen-bond donors (Lipinski definition) is 7. The smallest absolute Gasteiger partial charge is 0.326 e. The van der Waals surface area contributed by atoms with Crippen LogP contribution in [-0.2, 0) is 28.8 Å². The first kappa shape index (κ1) is 22.8. The van der Waals surface area contributed by atoms with Crippen LogP contribution < -0.4 is 27.4 Å². The molecule has 0 aliphatic carbocycles. The van der Waals surface area contributed by atoms with Crippen molar-refractivity contribution in [3.05, 3.63) is 0 Å². The van der Waals surface area contributed by atoms with Gasteiger partial charge in [0, 0.05) is 0 Å². The molecule has 0 aliphatic rings. The highest BCUT2D eigenvalue weighted by Crippen LogP contribution is 1.99. The van der Waals surface area contributed by atoms with Crippen molar-refractivity contribution in [2.45, 2.75) is 37.9 Å². The Labute approximate surface area is 147 Å². The van der Waals surface area contributed by atoms with Gasteiger partial charge in [-0.05, 0) is 6.92 Å². The van der Waals surface area contributed by atoms with Gasteiger partial charge in [0.05, 0.1) is 19.4 Å². The number of carboxylic acids is 2. The molecule has 3 unspecified atom stereocenters. The third kappa shape index (κ3) is 8.58. The van der Waals surface area contributed by atoms with Crippen LogP contribution in [0.2, 0.25) is 0 Å². The van der Waals surface area contributed by atoms with E-state index in [-0.39, 0.29) is 6.54 Å². The lowest BCUT2D eigenvalue weighted by molar-refractivity contribution is -0.147. The van der Waals surface area contributed by atoms with Gasteiger partial charge in [0.25, 0.3) is 0 Å². The predicted octanol–water partition coefficient (Wildman–Crippen LogP) is -4.15. The maximum atomic E-state index is 12.1. The summed E-state index contributed by atoms with van der Waals surface area (Å²) in [6, 6.07) is -4.45. The minimum Gasteiger partial charge on any atom is -0.481 e. The van der Waals surface area contributed by atoms with Gasteiger partial charge < -0.3 is 37.6 Å². The van der Waals surface area contributed by atoms with Gasteiger partial charge in [0.15, 0.2) is 0 Å². The summed E-state index contributed by atoms with van der Waals surface area (Å²) in [7, 11) is 0. The van der Waals surface area contributed by atoms with Crippen LogP contribution in [-0.4, -0.2) is 70.5 Å². The van der Waals surface area contributed by atoms with Crippen LogP contribution in [0, 0.1) is 0 Å².